The molecule has 0 spiro atoms. The van der Waals surface area contributed by atoms with Crippen LogP contribution in [0.1, 0.15) is 12.5 Å². The van der Waals surface area contributed by atoms with Crippen molar-refractivity contribution in [1.29, 1.82) is 0 Å². The van der Waals surface area contributed by atoms with E-state index in [4.69, 9.17) is 20.3 Å². The van der Waals surface area contributed by atoms with Gasteiger partial charge in [0.2, 0.25) is 0 Å². The minimum absolute atomic E-state index is 0.216. The Morgan fingerprint density at radius 1 is 1.55 bits per heavy atom. The first kappa shape index (κ1) is 14.2. The topological polar surface area (TPSA) is 112 Å². The van der Waals surface area contributed by atoms with Crippen molar-refractivity contribution in [1.82, 2.24) is 15.0 Å². The second-order valence-corrected chi connectivity index (χ2v) is 4.46. The third kappa shape index (κ3) is 3.22. The van der Waals surface area contributed by atoms with Gasteiger partial charge in [-0.05, 0) is 24.6 Å². The van der Waals surface area contributed by atoms with Gasteiger partial charge in [-0.3, -0.25) is 0 Å². The lowest BCUT2D eigenvalue weighted by atomic mass is 10.2. The third-order valence-electron chi connectivity index (χ3n) is 2.58. The van der Waals surface area contributed by atoms with Gasteiger partial charge in [-0.2, -0.15) is 0 Å². The van der Waals surface area contributed by atoms with Crippen molar-refractivity contribution in [3.8, 4) is 5.75 Å². The molecule has 0 aliphatic carbocycles. The van der Waals surface area contributed by atoms with E-state index < -0.39 is 12.2 Å². The van der Waals surface area contributed by atoms with Gasteiger partial charge < -0.3 is 20.3 Å². The van der Waals surface area contributed by atoms with E-state index in [0.29, 0.717) is 11.0 Å². The average Bonchev–Trinajstić information content (AvgIpc) is 2.70. The van der Waals surface area contributed by atoms with E-state index in [-0.39, 0.29) is 19.0 Å². The Balaban J connectivity index is 2.30. The third-order valence-corrected chi connectivity index (χ3v) is 2.58. The number of carbonyl (C=O) groups excluding carboxylic acids is 1. The van der Waals surface area contributed by atoms with Crippen LogP contribution in [0.2, 0.25) is 0 Å². The summed E-state index contributed by atoms with van der Waals surface area (Å²) in [7, 11) is 1.73. The number of aliphatic hydroxyl groups excluding tert-OH is 1. The van der Waals surface area contributed by atoms with Crippen LogP contribution in [-0.4, -0.2) is 38.9 Å². The Hall–Kier alpha value is -2.19. The first-order valence-corrected chi connectivity index (χ1v) is 6.02. The number of amides is 1. The summed E-state index contributed by atoms with van der Waals surface area (Å²) in [4.78, 5) is 10.9. The maximum absolute atomic E-state index is 10.9. The molecule has 8 nitrogen and oxygen atoms in total. The van der Waals surface area contributed by atoms with E-state index in [0.717, 1.165) is 5.56 Å². The molecule has 0 aliphatic rings. The molecule has 1 atom stereocenters. The Kier molecular flexibility index (Phi) is 4.16. The van der Waals surface area contributed by atoms with Crippen molar-refractivity contribution in [2.45, 2.75) is 19.6 Å². The van der Waals surface area contributed by atoms with Gasteiger partial charge in [0.15, 0.2) is 11.3 Å². The van der Waals surface area contributed by atoms with Crippen LogP contribution in [0.15, 0.2) is 12.1 Å². The molecule has 0 radical (unpaired) electrons. The van der Waals surface area contributed by atoms with Gasteiger partial charge in [-0.15, -0.1) is 5.10 Å². The second-order valence-electron chi connectivity index (χ2n) is 4.46. The average molecular weight is 280 g/mol. The summed E-state index contributed by atoms with van der Waals surface area (Å²) in [6, 6.07) is 3.44. The summed E-state index contributed by atoms with van der Waals surface area (Å²) in [5.74, 6) is 0.235. The van der Waals surface area contributed by atoms with Gasteiger partial charge in [-0.25, -0.2) is 9.48 Å². The van der Waals surface area contributed by atoms with Crippen LogP contribution in [0.5, 0.6) is 5.75 Å². The van der Waals surface area contributed by atoms with E-state index in [2.05, 4.69) is 10.3 Å². The summed E-state index contributed by atoms with van der Waals surface area (Å²) in [6.45, 7) is 2.12. The lowest BCUT2D eigenvalue weighted by molar-refractivity contribution is 0.0376. The standard InChI is InChI=1S/C12H16N4O4/c1-7(17)5-19-6-8-3-9-11(14-15-16(9)2)10(4-8)20-12(13)18/h3-4,7,17H,5-6H2,1-2H3,(H2,13,18). The highest BCUT2D eigenvalue weighted by Crippen LogP contribution is 2.26. The molecular formula is C12H16N4O4. The molecule has 1 amide bonds. The maximum Gasteiger partial charge on any atom is 0.410 e. The van der Waals surface area contributed by atoms with Crippen LogP contribution >= 0.6 is 0 Å². The minimum atomic E-state index is -0.918. The maximum atomic E-state index is 10.9. The van der Waals surface area contributed by atoms with Crippen LogP contribution in [0.25, 0.3) is 11.0 Å². The van der Waals surface area contributed by atoms with Crippen molar-refractivity contribution < 1.29 is 19.4 Å². The van der Waals surface area contributed by atoms with E-state index in [1.807, 2.05) is 6.07 Å². The van der Waals surface area contributed by atoms with Gasteiger partial charge in [0, 0.05) is 7.05 Å². The molecule has 8 heteroatoms. The summed E-state index contributed by atoms with van der Waals surface area (Å²) in [5, 5.41) is 16.9. The number of carbonyl (C=O) groups is 1. The fourth-order valence-corrected chi connectivity index (χ4v) is 1.77. The highest BCUT2D eigenvalue weighted by Gasteiger charge is 2.13. The van der Waals surface area contributed by atoms with Crippen molar-refractivity contribution in [3.05, 3.63) is 17.7 Å². The van der Waals surface area contributed by atoms with Gasteiger partial charge in [0.05, 0.1) is 24.8 Å². The van der Waals surface area contributed by atoms with Crippen molar-refractivity contribution in [2.75, 3.05) is 6.61 Å². The lowest BCUT2D eigenvalue weighted by Crippen LogP contribution is -2.16. The van der Waals surface area contributed by atoms with Gasteiger partial charge in [-0.1, -0.05) is 5.21 Å². The van der Waals surface area contributed by atoms with Gasteiger partial charge >= 0.3 is 6.09 Å². The number of benzene rings is 1. The Labute approximate surface area is 115 Å². The highest BCUT2D eigenvalue weighted by atomic mass is 16.5. The fourth-order valence-electron chi connectivity index (χ4n) is 1.77. The quantitative estimate of drug-likeness (QED) is 0.815. The molecule has 0 saturated heterocycles. The largest absolute Gasteiger partial charge is 0.410 e. The Bertz CT molecular complexity index is 623. The molecule has 2 aromatic rings. The first-order valence-electron chi connectivity index (χ1n) is 6.02. The van der Waals surface area contributed by atoms with Crippen molar-refractivity contribution in [2.24, 2.45) is 12.8 Å². The number of primary amides is 1. The van der Waals surface area contributed by atoms with E-state index in [1.165, 1.54) is 0 Å². The number of aliphatic hydroxyl groups is 1. The van der Waals surface area contributed by atoms with E-state index >= 15 is 0 Å². The molecule has 1 aromatic carbocycles. The predicted octanol–water partition coefficient (Wildman–Crippen LogP) is 0.323. The summed E-state index contributed by atoms with van der Waals surface area (Å²) in [5.41, 5.74) is 6.94. The summed E-state index contributed by atoms with van der Waals surface area (Å²) in [6.07, 6.45) is -1.46. The summed E-state index contributed by atoms with van der Waals surface area (Å²) >= 11 is 0. The number of hydrogen-bond donors (Lipinski definition) is 2. The number of hydrogen-bond acceptors (Lipinski definition) is 6. The molecule has 1 heterocycles. The predicted molar refractivity (Wildman–Crippen MR) is 70.1 cm³/mol. The molecule has 1 aromatic heterocycles. The van der Waals surface area contributed by atoms with E-state index in [9.17, 15) is 4.79 Å². The Morgan fingerprint density at radius 2 is 2.30 bits per heavy atom. The molecule has 2 rings (SSSR count). The number of aromatic nitrogens is 3. The molecule has 108 valence electrons. The number of ether oxygens (including phenoxy) is 2. The first-order chi connectivity index (χ1) is 9.47. The van der Waals surface area contributed by atoms with E-state index in [1.54, 1.807) is 24.7 Å². The number of nitrogens with two attached hydrogens (primary N) is 1. The molecule has 3 N–H and O–H groups in total. The monoisotopic (exact) mass is 280 g/mol. The van der Waals surface area contributed by atoms with Crippen LogP contribution in [0.4, 0.5) is 4.79 Å². The van der Waals surface area contributed by atoms with Crippen molar-refractivity contribution in [3.63, 3.8) is 0 Å². The molecule has 0 bridgehead atoms. The number of aryl methyl sites for hydroxylation is 1. The molecular weight excluding hydrogens is 264 g/mol. The molecule has 0 fully saturated rings. The van der Waals surface area contributed by atoms with Gasteiger partial charge in [0.25, 0.3) is 0 Å². The summed E-state index contributed by atoms with van der Waals surface area (Å²) < 4.78 is 11.8. The SMILES string of the molecule is CC(O)COCc1cc(OC(N)=O)c2nnn(C)c2c1. The zero-order valence-electron chi connectivity index (χ0n) is 11.2. The number of rotatable bonds is 5. The molecule has 1 unspecified atom stereocenters. The van der Waals surface area contributed by atoms with Crippen molar-refractivity contribution >= 4 is 17.1 Å². The van der Waals surface area contributed by atoms with Crippen LogP contribution in [0.3, 0.4) is 0 Å². The van der Waals surface area contributed by atoms with Gasteiger partial charge in [0.1, 0.15) is 0 Å². The smallest absolute Gasteiger partial charge is 0.408 e. The second kappa shape index (κ2) is 5.85. The minimum Gasteiger partial charge on any atom is -0.408 e. The highest BCUT2D eigenvalue weighted by molar-refractivity contribution is 5.84. The van der Waals surface area contributed by atoms with Crippen LogP contribution in [0, 0.1) is 0 Å². The molecule has 20 heavy (non-hydrogen) atoms. The Morgan fingerprint density at radius 3 is 2.95 bits per heavy atom. The fraction of sp³-hybridized carbons (Fsp3) is 0.417. The zero-order valence-corrected chi connectivity index (χ0v) is 11.2. The lowest BCUT2D eigenvalue weighted by Gasteiger charge is -2.08. The normalized spacial score (nSPS) is 12.6. The van der Waals surface area contributed by atoms with Crippen LogP contribution in [-0.2, 0) is 18.4 Å². The van der Waals surface area contributed by atoms with Crippen LogP contribution < -0.4 is 10.5 Å². The molecule has 0 saturated carbocycles. The molecule has 0 aliphatic heterocycles. The number of fused-ring (bicyclic) bond motifs is 1. The zero-order chi connectivity index (χ0) is 14.7. The number of nitrogens with zero attached hydrogens (tertiary/aromatic N) is 3.